The molecule has 4 nitrogen and oxygen atoms in total. The van der Waals surface area contributed by atoms with Crippen molar-refractivity contribution in [2.75, 3.05) is 27.7 Å². The predicted octanol–water partition coefficient (Wildman–Crippen LogP) is 5.25. The van der Waals surface area contributed by atoms with Gasteiger partial charge in [0.05, 0.1) is 12.7 Å². The van der Waals surface area contributed by atoms with E-state index in [-0.39, 0.29) is 12.4 Å². The molecule has 2 aromatic rings. The minimum absolute atomic E-state index is 0. The summed E-state index contributed by atoms with van der Waals surface area (Å²) in [6.07, 6.45) is 6.40. The number of carboxylic acids is 1. The third kappa shape index (κ3) is 5.96. The quantitative estimate of drug-likeness (QED) is 0.702. The van der Waals surface area contributed by atoms with Gasteiger partial charge >= 0.3 is 5.97 Å². The molecule has 29 heavy (non-hydrogen) atoms. The Hall–Kier alpha value is -2.56. The zero-order valence-electron chi connectivity index (χ0n) is 17.1. The summed E-state index contributed by atoms with van der Waals surface area (Å²) in [5.41, 5.74) is 4.93. The van der Waals surface area contributed by atoms with Gasteiger partial charge in [-0.3, -0.25) is 0 Å². The molecule has 0 fully saturated rings. The molecule has 0 radical (unpaired) electrons. The van der Waals surface area contributed by atoms with E-state index in [1.54, 1.807) is 25.3 Å². The lowest BCUT2D eigenvalue weighted by Gasteiger charge is -2.28. The van der Waals surface area contributed by atoms with E-state index < -0.39 is 5.97 Å². The van der Waals surface area contributed by atoms with Gasteiger partial charge in [-0.2, -0.15) is 0 Å². The number of halogens is 1. The number of allylic oxidation sites excluding steroid dienone is 2. The van der Waals surface area contributed by atoms with Crippen LogP contribution in [-0.4, -0.2) is 43.7 Å². The summed E-state index contributed by atoms with van der Waals surface area (Å²) in [7, 11) is 5.89. The van der Waals surface area contributed by atoms with E-state index in [4.69, 9.17) is 4.74 Å². The normalized spacial score (nSPS) is 17.6. The number of rotatable bonds is 6. The molecule has 2 aromatic carbocycles. The van der Waals surface area contributed by atoms with Crippen LogP contribution in [-0.2, 0) is 0 Å². The Labute approximate surface area is 178 Å². The van der Waals surface area contributed by atoms with E-state index in [9.17, 15) is 9.90 Å². The Balaban J connectivity index is 0.00000300. The van der Waals surface area contributed by atoms with Crippen LogP contribution in [0.3, 0.4) is 0 Å². The maximum absolute atomic E-state index is 11.2. The fourth-order valence-electron chi connectivity index (χ4n) is 3.73. The first-order chi connectivity index (χ1) is 13.5. The summed E-state index contributed by atoms with van der Waals surface area (Å²) in [6.45, 7) is 0.991. The van der Waals surface area contributed by atoms with Gasteiger partial charge in [0.15, 0.2) is 0 Å². The number of benzene rings is 2. The highest BCUT2D eigenvalue weighted by Crippen LogP contribution is 2.37. The number of nitrogens with zero attached hydrogens (tertiary/aromatic N) is 1. The van der Waals surface area contributed by atoms with Crippen LogP contribution in [0.25, 0.3) is 11.6 Å². The average molecular weight is 414 g/mol. The molecule has 1 unspecified atom stereocenters. The first-order valence-corrected chi connectivity index (χ1v) is 9.51. The molecule has 154 valence electrons. The van der Waals surface area contributed by atoms with Gasteiger partial charge in [0.25, 0.3) is 0 Å². The molecule has 0 aromatic heterocycles. The Kier molecular flexibility index (Phi) is 8.06. The average Bonchev–Trinajstić information content (AvgIpc) is 2.69. The molecule has 1 aliphatic rings. The lowest BCUT2D eigenvalue weighted by Crippen LogP contribution is -2.24. The molecule has 0 spiro atoms. The fourth-order valence-corrected chi connectivity index (χ4v) is 3.73. The number of hydrogen-bond donors (Lipinski definition) is 1. The van der Waals surface area contributed by atoms with Gasteiger partial charge in [-0.05, 0) is 79.4 Å². The maximum Gasteiger partial charge on any atom is 0.335 e. The Morgan fingerprint density at radius 2 is 1.97 bits per heavy atom. The summed E-state index contributed by atoms with van der Waals surface area (Å²) >= 11 is 0. The van der Waals surface area contributed by atoms with E-state index in [1.165, 1.54) is 16.7 Å². The van der Waals surface area contributed by atoms with Crippen molar-refractivity contribution in [2.45, 2.75) is 12.8 Å². The Bertz CT molecular complexity index is 918. The second kappa shape index (κ2) is 10.3. The van der Waals surface area contributed by atoms with Gasteiger partial charge in [-0.25, -0.2) is 4.79 Å². The second-order valence-corrected chi connectivity index (χ2v) is 7.48. The molecule has 1 N–H and O–H groups in total. The molecule has 1 atom stereocenters. The van der Waals surface area contributed by atoms with Crippen LogP contribution in [0.1, 0.15) is 34.3 Å². The minimum atomic E-state index is -0.900. The molecular formula is C24H28ClNO3. The first-order valence-electron chi connectivity index (χ1n) is 9.51. The molecule has 0 heterocycles. The van der Waals surface area contributed by atoms with Crippen LogP contribution < -0.4 is 4.74 Å². The second-order valence-electron chi connectivity index (χ2n) is 7.48. The van der Waals surface area contributed by atoms with Crippen molar-refractivity contribution in [3.8, 4) is 5.75 Å². The molecule has 0 amide bonds. The van der Waals surface area contributed by atoms with Crippen molar-refractivity contribution >= 4 is 30.0 Å². The highest BCUT2D eigenvalue weighted by atomic mass is 35.5. The number of hydrogen-bond acceptors (Lipinski definition) is 3. The van der Waals surface area contributed by atoms with E-state index in [0.717, 1.165) is 30.7 Å². The van der Waals surface area contributed by atoms with Gasteiger partial charge in [-0.15, -0.1) is 12.4 Å². The predicted molar refractivity (Wildman–Crippen MR) is 121 cm³/mol. The van der Waals surface area contributed by atoms with Gasteiger partial charge in [-0.1, -0.05) is 36.4 Å². The standard InChI is InChI=1S/C24H27NO3.ClH/c1-25(2)16-21-11-10-18(12-17-6-4-8-20(13-17)24(26)27)14-23(21)19-7-5-9-22(15-19)28-3;/h4-9,12-15,21H,10-11,16H2,1-3H3,(H,26,27);1H. The van der Waals surface area contributed by atoms with E-state index >= 15 is 0 Å². The third-order valence-electron chi connectivity index (χ3n) is 5.04. The monoisotopic (exact) mass is 413 g/mol. The number of carbonyl (C=O) groups is 1. The number of carboxylic acid groups (broad SMARTS) is 1. The van der Waals surface area contributed by atoms with Crippen molar-refractivity contribution in [2.24, 2.45) is 5.92 Å². The molecule has 3 rings (SSSR count). The summed E-state index contributed by atoms with van der Waals surface area (Å²) in [4.78, 5) is 13.5. The van der Waals surface area contributed by atoms with Gasteiger partial charge in [0.1, 0.15) is 5.75 Å². The fraction of sp³-hybridized carbons (Fsp3) is 0.292. The summed E-state index contributed by atoms with van der Waals surface area (Å²) in [5, 5.41) is 9.22. The molecule has 0 aliphatic heterocycles. The van der Waals surface area contributed by atoms with Crippen LogP contribution >= 0.6 is 12.4 Å². The highest BCUT2D eigenvalue weighted by Gasteiger charge is 2.22. The molecule has 0 saturated heterocycles. The minimum Gasteiger partial charge on any atom is -0.497 e. The van der Waals surface area contributed by atoms with Crippen molar-refractivity contribution in [1.82, 2.24) is 4.90 Å². The summed E-state index contributed by atoms with van der Waals surface area (Å²) in [6, 6.07) is 15.3. The highest BCUT2D eigenvalue weighted by molar-refractivity contribution is 5.88. The number of aromatic carboxylic acids is 1. The number of ether oxygens (including phenoxy) is 1. The zero-order chi connectivity index (χ0) is 20.1. The van der Waals surface area contributed by atoms with Crippen LogP contribution in [0.15, 0.2) is 60.2 Å². The van der Waals surface area contributed by atoms with Crippen LogP contribution in [0, 0.1) is 5.92 Å². The van der Waals surface area contributed by atoms with Crippen molar-refractivity contribution < 1.29 is 14.6 Å². The van der Waals surface area contributed by atoms with Gasteiger partial charge in [0.2, 0.25) is 0 Å². The Morgan fingerprint density at radius 3 is 2.66 bits per heavy atom. The van der Waals surface area contributed by atoms with Crippen LogP contribution in [0.2, 0.25) is 0 Å². The lowest BCUT2D eigenvalue weighted by molar-refractivity contribution is 0.0697. The van der Waals surface area contributed by atoms with E-state index in [1.807, 2.05) is 18.2 Å². The first kappa shape index (κ1) is 22.7. The van der Waals surface area contributed by atoms with Crippen molar-refractivity contribution in [3.05, 3.63) is 76.9 Å². The summed E-state index contributed by atoms with van der Waals surface area (Å²) < 4.78 is 5.41. The Morgan fingerprint density at radius 1 is 1.21 bits per heavy atom. The van der Waals surface area contributed by atoms with Crippen LogP contribution in [0.5, 0.6) is 5.75 Å². The largest absolute Gasteiger partial charge is 0.497 e. The molecule has 0 bridgehead atoms. The molecule has 0 saturated carbocycles. The molecule has 5 heteroatoms. The maximum atomic E-state index is 11.2. The van der Waals surface area contributed by atoms with Crippen molar-refractivity contribution in [1.29, 1.82) is 0 Å². The smallest absolute Gasteiger partial charge is 0.335 e. The van der Waals surface area contributed by atoms with Crippen LogP contribution in [0.4, 0.5) is 0 Å². The van der Waals surface area contributed by atoms with E-state index in [2.05, 4.69) is 43.3 Å². The number of methoxy groups -OCH3 is 1. The topological polar surface area (TPSA) is 49.8 Å². The lowest BCUT2D eigenvalue weighted by atomic mass is 9.81. The van der Waals surface area contributed by atoms with E-state index in [0.29, 0.717) is 11.5 Å². The van der Waals surface area contributed by atoms with Crippen molar-refractivity contribution in [3.63, 3.8) is 0 Å². The van der Waals surface area contributed by atoms with Gasteiger partial charge < -0.3 is 14.7 Å². The summed E-state index contributed by atoms with van der Waals surface area (Å²) in [5.74, 6) is 0.402. The SMILES string of the molecule is COc1cccc(C2=CC(=Cc3cccc(C(=O)O)c3)CCC2CN(C)C)c1.Cl. The molecule has 1 aliphatic carbocycles. The zero-order valence-corrected chi connectivity index (χ0v) is 17.9. The van der Waals surface area contributed by atoms with Gasteiger partial charge in [0, 0.05) is 6.54 Å². The third-order valence-corrected chi connectivity index (χ3v) is 5.04. The molecular weight excluding hydrogens is 386 g/mol.